The van der Waals surface area contributed by atoms with Gasteiger partial charge in [-0.15, -0.1) is 5.73 Å². The summed E-state index contributed by atoms with van der Waals surface area (Å²) in [5.41, 5.74) is 3.85. The Morgan fingerprint density at radius 1 is 1.47 bits per heavy atom. The topological polar surface area (TPSA) is 38.3 Å². The van der Waals surface area contributed by atoms with Crippen LogP contribution in [0.15, 0.2) is 17.9 Å². The van der Waals surface area contributed by atoms with Crippen molar-refractivity contribution in [3.63, 3.8) is 0 Å². The van der Waals surface area contributed by atoms with Crippen molar-refractivity contribution in [3.05, 3.63) is 17.9 Å². The highest BCUT2D eigenvalue weighted by molar-refractivity contribution is 6.74. The Balaban J connectivity index is 2.81. The van der Waals surface area contributed by atoms with E-state index >= 15 is 0 Å². The molecule has 0 bridgehead atoms. The minimum atomic E-state index is -1.84. The predicted molar refractivity (Wildman–Crippen MR) is 81.5 cm³/mol. The zero-order chi connectivity index (χ0) is 15.0. The molecule has 0 aliphatic carbocycles. The van der Waals surface area contributed by atoms with Crippen LogP contribution in [0.2, 0.25) is 18.1 Å². The fourth-order valence-electron chi connectivity index (χ4n) is 2.08. The van der Waals surface area contributed by atoms with E-state index in [0.29, 0.717) is 0 Å². The van der Waals surface area contributed by atoms with E-state index in [4.69, 9.17) is 4.43 Å². The van der Waals surface area contributed by atoms with Crippen molar-refractivity contribution < 1.29 is 9.22 Å². The van der Waals surface area contributed by atoms with Gasteiger partial charge in [-0.2, -0.15) is 0 Å². The lowest BCUT2D eigenvalue weighted by molar-refractivity contribution is -0.138. The average molecular weight is 281 g/mol. The Kier molecular flexibility index (Phi) is 4.50. The van der Waals surface area contributed by atoms with Crippen LogP contribution in [-0.2, 0) is 9.22 Å². The van der Waals surface area contributed by atoms with Crippen LogP contribution in [0, 0.1) is 5.92 Å². The second kappa shape index (κ2) is 5.27. The second-order valence-electron chi connectivity index (χ2n) is 6.96. The largest absolute Gasteiger partial charge is 0.413 e. The van der Waals surface area contributed by atoms with Gasteiger partial charge in [0.15, 0.2) is 8.32 Å². The second-order valence-corrected chi connectivity index (χ2v) is 11.7. The summed E-state index contributed by atoms with van der Waals surface area (Å²) in [6, 6.07) is 0.0322. The normalized spacial score (nSPS) is 25.1. The fourth-order valence-corrected chi connectivity index (χ4v) is 3.51. The fraction of sp³-hybridized carbons (Fsp3) is 0.733. The summed E-state index contributed by atoms with van der Waals surface area (Å²) in [5, 5.41) is 3.06. The van der Waals surface area contributed by atoms with Crippen LogP contribution < -0.4 is 5.32 Å². The third kappa shape index (κ3) is 3.19. The van der Waals surface area contributed by atoms with E-state index in [1.807, 2.05) is 13.8 Å². The Morgan fingerprint density at radius 3 is 2.37 bits per heavy atom. The highest BCUT2D eigenvalue weighted by Gasteiger charge is 2.47. The highest BCUT2D eigenvalue weighted by Crippen LogP contribution is 2.39. The van der Waals surface area contributed by atoms with Crippen LogP contribution >= 0.6 is 0 Å². The molecule has 1 N–H and O–H groups in total. The number of β-lactam (4-membered cyclic amide) rings is 1. The van der Waals surface area contributed by atoms with Gasteiger partial charge < -0.3 is 9.74 Å². The Morgan fingerprint density at radius 2 is 2.00 bits per heavy atom. The third-order valence-corrected chi connectivity index (χ3v) is 9.07. The molecule has 0 spiro atoms. The lowest BCUT2D eigenvalue weighted by atomic mass is 9.82. The zero-order valence-electron chi connectivity index (χ0n) is 13.3. The van der Waals surface area contributed by atoms with Gasteiger partial charge >= 0.3 is 0 Å². The molecule has 0 saturated carbocycles. The molecular formula is C15H27NO2Si. The van der Waals surface area contributed by atoms with E-state index in [0.717, 1.165) is 5.57 Å². The maximum atomic E-state index is 11.8. The Hall–Kier alpha value is -0.833. The van der Waals surface area contributed by atoms with Crippen molar-refractivity contribution in [3.8, 4) is 0 Å². The van der Waals surface area contributed by atoms with Gasteiger partial charge in [0, 0.05) is 0 Å². The molecule has 0 unspecified atom stereocenters. The molecule has 1 aliphatic heterocycles. The smallest absolute Gasteiger partial charge is 0.228 e. The molecule has 0 aromatic heterocycles. The zero-order valence-corrected chi connectivity index (χ0v) is 14.3. The molecule has 3 nitrogen and oxygen atoms in total. The Bertz CT molecular complexity index is 416. The van der Waals surface area contributed by atoms with Gasteiger partial charge in [-0.05, 0) is 37.6 Å². The van der Waals surface area contributed by atoms with Crippen molar-refractivity contribution in [2.45, 2.75) is 64.9 Å². The quantitative estimate of drug-likeness (QED) is 0.488. The van der Waals surface area contributed by atoms with Gasteiger partial charge in [-0.3, -0.25) is 4.79 Å². The van der Waals surface area contributed by atoms with E-state index < -0.39 is 8.32 Å². The molecule has 1 amide bonds. The maximum Gasteiger partial charge on any atom is 0.228 e. The van der Waals surface area contributed by atoms with Crippen LogP contribution in [-0.4, -0.2) is 26.4 Å². The van der Waals surface area contributed by atoms with Crippen molar-refractivity contribution >= 4 is 14.2 Å². The molecule has 1 saturated heterocycles. The lowest BCUT2D eigenvalue weighted by Gasteiger charge is -2.45. The van der Waals surface area contributed by atoms with Crippen molar-refractivity contribution in [2.75, 3.05) is 0 Å². The number of hydrogen-bond donors (Lipinski definition) is 1. The number of rotatable bonds is 4. The number of hydrogen-bond acceptors (Lipinski definition) is 2. The Labute approximate surface area is 118 Å². The molecule has 1 heterocycles. The van der Waals surface area contributed by atoms with E-state index in [9.17, 15) is 4.79 Å². The SMILES string of the molecule is C=C=C(C)[C@@H]1NC(=O)[C@@H]1[C@H](C)O[Si](C)(C)C(C)(C)C. The molecule has 1 fully saturated rings. The number of nitrogens with one attached hydrogen (secondary N) is 1. The summed E-state index contributed by atoms with van der Waals surface area (Å²) in [4.78, 5) is 11.8. The maximum absolute atomic E-state index is 11.8. The molecule has 4 heteroatoms. The number of carbonyl (C=O) groups is 1. The molecular weight excluding hydrogens is 254 g/mol. The molecule has 0 radical (unpaired) electrons. The van der Waals surface area contributed by atoms with Gasteiger partial charge in [-0.1, -0.05) is 27.4 Å². The van der Waals surface area contributed by atoms with Gasteiger partial charge in [-0.25, -0.2) is 0 Å². The standard InChI is InChI=1S/C15H27NO2Si/c1-9-10(2)13-12(14(17)16-13)11(3)18-19(7,8)15(4,5)6/h11-13H,1H2,2-8H3,(H,16,17)/t11-,12+,13-/m0/s1. The van der Waals surface area contributed by atoms with E-state index in [-0.39, 0.29) is 29.0 Å². The number of amides is 1. The molecule has 3 atom stereocenters. The summed E-state index contributed by atoms with van der Waals surface area (Å²) >= 11 is 0. The molecule has 19 heavy (non-hydrogen) atoms. The van der Waals surface area contributed by atoms with E-state index in [1.165, 1.54) is 0 Å². The summed E-state index contributed by atoms with van der Waals surface area (Å²) in [5.74, 6) is -0.0332. The monoisotopic (exact) mass is 281 g/mol. The number of carbonyl (C=O) groups excluding carboxylic acids is 1. The first-order chi connectivity index (χ1) is 8.51. The summed E-state index contributed by atoms with van der Waals surface area (Å²) in [6.45, 7) is 18.7. The van der Waals surface area contributed by atoms with Crippen molar-refractivity contribution in [1.29, 1.82) is 0 Å². The molecule has 108 valence electrons. The lowest BCUT2D eigenvalue weighted by Crippen LogP contribution is -2.64. The van der Waals surface area contributed by atoms with E-state index in [2.05, 4.69) is 51.5 Å². The summed E-state index contributed by atoms with van der Waals surface area (Å²) in [6.07, 6.45) is -0.0667. The minimum Gasteiger partial charge on any atom is -0.413 e. The van der Waals surface area contributed by atoms with Gasteiger partial charge in [0.2, 0.25) is 5.91 Å². The van der Waals surface area contributed by atoms with Crippen LogP contribution in [0.4, 0.5) is 0 Å². The third-order valence-electron chi connectivity index (χ3n) is 4.50. The first-order valence-corrected chi connectivity index (χ1v) is 9.77. The van der Waals surface area contributed by atoms with Gasteiger partial charge in [0.05, 0.1) is 18.1 Å². The van der Waals surface area contributed by atoms with Crippen LogP contribution in [0.1, 0.15) is 34.6 Å². The summed E-state index contributed by atoms with van der Waals surface area (Å²) in [7, 11) is -1.84. The van der Waals surface area contributed by atoms with Crippen molar-refractivity contribution in [1.82, 2.24) is 5.32 Å². The van der Waals surface area contributed by atoms with Gasteiger partial charge in [0.25, 0.3) is 0 Å². The average Bonchev–Trinajstić information content (AvgIpc) is 2.22. The molecule has 1 rings (SSSR count). The van der Waals surface area contributed by atoms with Crippen LogP contribution in [0.25, 0.3) is 0 Å². The molecule has 0 aromatic carbocycles. The summed E-state index contributed by atoms with van der Waals surface area (Å²) < 4.78 is 6.32. The first-order valence-electron chi connectivity index (χ1n) is 6.86. The first kappa shape index (κ1) is 16.2. The predicted octanol–water partition coefficient (Wildman–Crippen LogP) is 3.24. The van der Waals surface area contributed by atoms with Crippen LogP contribution in [0.3, 0.4) is 0 Å². The molecule has 1 aliphatic rings. The van der Waals surface area contributed by atoms with E-state index in [1.54, 1.807) is 0 Å². The van der Waals surface area contributed by atoms with Crippen molar-refractivity contribution in [2.24, 2.45) is 5.92 Å². The minimum absolute atomic E-state index is 0.0322. The van der Waals surface area contributed by atoms with Crippen LogP contribution in [0.5, 0.6) is 0 Å². The molecule has 0 aromatic rings. The highest BCUT2D eigenvalue weighted by atomic mass is 28.4. The van der Waals surface area contributed by atoms with Gasteiger partial charge in [0.1, 0.15) is 0 Å².